The van der Waals surface area contributed by atoms with Gasteiger partial charge in [0.25, 0.3) is 10.0 Å². The molecule has 23 heavy (non-hydrogen) atoms. The molecule has 0 heterocycles. The van der Waals surface area contributed by atoms with Crippen LogP contribution in [0.4, 0.5) is 0 Å². The summed E-state index contributed by atoms with van der Waals surface area (Å²) < 4.78 is 24.3. The molecule has 0 aliphatic heterocycles. The monoisotopic (exact) mass is 330 g/mol. The van der Waals surface area contributed by atoms with E-state index < -0.39 is 10.0 Å². The van der Waals surface area contributed by atoms with E-state index in [-0.39, 0.29) is 10.3 Å². The maximum atomic E-state index is 12.2. The topological polar surface area (TPSA) is 58.5 Å². The first-order valence-electron chi connectivity index (χ1n) is 7.47. The van der Waals surface area contributed by atoms with Crippen molar-refractivity contribution < 1.29 is 8.42 Å². The van der Waals surface area contributed by atoms with E-state index in [1.54, 1.807) is 30.3 Å². The molecule has 4 nitrogen and oxygen atoms in total. The van der Waals surface area contributed by atoms with Crippen LogP contribution in [0.3, 0.4) is 0 Å². The van der Waals surface area contributed by atoms with Crippen molar-refractivity contribution in [3.8, 4) is 0 Å². The lowest BCUT2D eigenvalue weighted by Crippen LogP contribution is -2.24. The molecule has 0 saturated carbocycles. The molecule has 1 N–H and O–H groups in total. The first-order chi connectivity index (χ1) is 10.8. The van der Waals surface area contributed by atoms with Crippen LogP contribution in [0, 0.1) is 0 Å². The van der Waals surface area contributed by atoms with Crippen molar-refractivity contribution in [3.05, 3.63) is 66.2 Å². The molecule has 0 aromatic heterocycles. The summed E-state index contributed by atoms with van der Waals surface area (Å²) in [5.41, 5.74) is 1.81. The minimum absolute atomic E-state index is 0.118. The largest absolute Gasteiger partial charge is 0.276 e. The summed E-state index contributed by atoms with van der Waals surface area (Å²) in [6.45, 7) is 6.07. The smallest absolute Gasteiger partial charge is 0.200 e. The molecule has 0 unspecified atom stereocenters. The van der Waals surface area contributed by atoms with Crippen LogP contribution in [-0.2, 0) is 15.4 Å². The molecule has 0 fully saturated rings. The van der Waals surface area contributed by atoms with Crippen LogP contribution in [0.2, 0.25) is 0 Å². The summed E-state index contributed by atoms with van der Waals surface area (Å²) in [5, 5.41) is 4.06. The van der Waals surface area contributed by atoms with E-state index in [0.717, 1.165) is 5.71 Å². The Kier molecular flexibility index (Phi) is 5.21. The number of sulfonamides is 1. The zero-order valence-corrected chi connectivity index (χ0v) is 14.5. The highest BCUT2D eigenvalue weighted by Crippen LogP contribution is 2.27. The fraction of sp³-hybridized carbons (Fsp3) is 0.278. The zero-order chi connectivity index (χ0) is 16.9. The number of nitrogens with one attached hydrogen (secondary N) is 1. The molecule has 0 spiro atoms. The second kappa shape index (κ2) is 6.96. The normalized spacial score (nSPS) is 12.9. The molecule has 0 amide bonds. The maximum absolute atomic E-state index is 12.2. The van der Waals surface area contributed by atoms with E-state index >= 15 is 0 Å². The third kappa shape index (κ3) is 4.66. The lowest BCUT2D eigenvalue weighted by molar-refractivity contribution is 0.546. The van der Waals surface area contributed by atoms with Gasteiger partial charge in [-0.1, -0.05) is 62.4 Å². The predicted octanol–water partition coefficient (Wildman–Crippen LogP) is 3.71. The number of hydrazone groups is 1. The molecule has 122 valence electrons. The molecule has 5 heteroatoms. The quantitative estimate of drug-likeness (QED) is 0.648. The van der Waals surface area contributed by atoms with E-state index in [0.29, 0.717) is 6.42 Å². The maximum Gasteiger partial charge on any atom is 0.276 e. The minimum Gasteiger partial charge on any atom is -0.200 e. The van der Waals surface area contributed by atoms with Crippen molar-refractivity contribution in [2.24, 2.45) is 5.10 Å². The predicted molar refractivity (Wildman–Crippen MR) is 94.0 cm³/mol. The number of hydrogen-bond donors (Lipinski definition) is 1. The molecular weight excluding hydrogens is 308 g/mol. The van der Waals surface area contributed by atoms with Crippen LogP contribution in [0.15, 0.2) is 70.7 Å². The van der Waals surface area contributed by atoms with Gasteiger partial charge in [-0.3, -0.25) is 0 Å². The molecular formula is C18H22N2O2S. The van der Waals surface area contributed by atoms with Crippen molar-refractivity contribution >= 4 is 15.7 Å². The van der Waals surface area contributed by atoms with Crippen LogP contribution in [-0.4, -0.2) is 14.1 Å². The van der Waals surface area contributed by atoms with Crippen molar-refractivity contribution in [2.45, 2.75) is 37.5 Å². The van der Waals surface area contributed by atoms with Crippen molar-refractivity contribution in [3.63, 3.8) is 0 Å². The second-order valence-corrected chi connectivity index (χ2v) is 7.84. The Bertz CT molecular complexity index is 767. The number of rotatable bonds is 6. The van der Waals surface area contributed by atoms with Crippen LogP contribution < -0.4 is 4.83 Å². The van der Waals surface area contributed by atoms with Crippen molar-refractivity contribution in [1.82, 2.24) is 4.83 Å². The Morgan fingerprint density at radius 1 is 1.00 bits per heavy atom. The van der Waals surface area contributed by atoms with Gasteiger partial charge in [-0.25, -0.2) is 4.83 Å². The van der Waals surface area contributed by atoms with E-state index in [2.05, 4.69) is 35.9 Å². The van der Waals surface area contributed by atoms with Gasteiger partial charge in [0, 0.05) is 5.71 Å². The number of nitrogens with zero attached hydrogens (tertiary/aromatic N) is 1. The highest BCUT2D eigenvalue weighted by Gasteiger charge is 2.21. The molecule has 2 aromatic carbocycles. The van der Waals surface area contributed by atoms with E-state index in [4.69, 9.17) is 0 Å². The molecule has 0 atom stereocenters. The zero-order valence-electron chi connectivity index (χ0n) is 13.7. The fourth-order valence-electron chi connectivity index (χ4n) is 2.46. The molecule has 0 aliphatic rings. The van der Waals surface area contributed by atoms with Crippen molar-refractivity contribution in [1.29, 1.82) is 0 Å². The average Bonchev–Trinajstić information content (AvgIpc) is 2.54. The van der Waals surface area contributed by atoms with Gasteiger partial charge in [0.15, 0.2) is 0 Å². The summed E-state index contributed by atoms with van der Waals surface area (Å²) in [7, 11) is -3.61. The minimum atomic E-state index is -3.61. The summed E-state index contributed by atoms with van der Waals surface area (Å²) >= 11 is 0. The Hall–Kier alpha value is -2.14. The Labute approximate surface area is 138 Å². The standard InChI is InChI=1S/C18H22N2O2S/c1-15(14-18(2,3)16-10-6-4-7-11-16)19-20-23(21,22)17-12-8-5-9-13-17/h4-13,20H,14H2,1-3H3/b19-15-. The van der Waals surface area contributed by atoms with Gasteiger partial charge in [0.05, 0.1) is 4.90 Å². The van der Waals surface area contributed by atoms with Crippen molar-refractivity contribution in [2.75, 3.05) is 0 Å². The molecule has 0 saturated heterocycles. The SMILES string of the molecule is C/C(CC(C)(C)c1ccccc1)=N/NS(=O)(=O)c1ccccc1. The lowest BCUT2D eigenvalue weighted by atomic mass is 9.80. The van der Waals surface area contributed by atoms with Gasteiger partial charge in [0.2, 0.25) is 0 Å². The third-order valence-electron chi connectivity index (χ3n) is 3.66. The van der Waals surface area contributed by atoms with E-state index in [1.807, 2.05) is 25.1 Å². The summed E-state index contributed by atoms with van der Waals surface area (Å²) in [4.78, 5) is 2.52. The first kappa shape index (κ1) is 17.2. The molecule has 0 bridgehead atoms. The van der Waals surface area contributed by atoms with Gasteiger partial charge in [-0.2, -0.15) is 13.5 Å². The first-order valence-corrected chi connectivity index (χ1v) is 8.95. The van der Waals surface area contributed by atoms with Gasteiger partial charge < -0.3 is 0 Å². The van der Waals surface area contributed by atoms with E-state index in [1.165, 1.54) is 5.56 Å². The molecule has 0 radical (unpaired) electrons. The van der Waals surface area contributed by atoms with E-state index in [9.17, 15) is 8.42 Å². The summed E-state index contributed by atoms with van der Waals surface area (Å²) in [5.74, 6) is 0. The Morgan fingerprint density at radius 2 is 1.52 bits per heavy atom. The molecule has 0 aliphatic carbocycles. The lowest BCUT2D eigenvalue weighted by Gasteiger charge is -2.25. The van der Waals surface area contributed by atoms with Crippen LogP contribution in [0.5, 0.6) is 0 Å². The summed E-state index contributed by atoms with van der Waals surface area (Å²) in [6.07, 6.45) is 0.661. The molecule has 2 aromatic rings. The second-order valence-electron chi connectivity index (χ2n) is 6.18. The van der Waals surface area contributed by atoms with Crippen LogP contribution >= 0.6 is 0 Å². The van der Waals surface area contributed by atoms with Gasteiger partial charge in [-0.05, 0) is 36.5 Å². The molecule has 2 rings (SSSR count). The average molecular weight is 330 g/mol. The highest BCUT2D eigenvalue weighted by molar-refractivity contribution is 7.89. The third-order valence-corrected chi connectivity index (χ3v) is 4.89. The number of benzene rings is 2. The highest BCUT2D eigenvalue weighted by atomic mass is 32.2. The summed E-state index contributed by atoms with van der Waals surface area (Å²) in [6, 6.07) is 18.4. The Morgan fingerprint density at radius 3 is 2.09 bits per heavy atom. The van der Waals surface area contributed by atoms with Gasteiger partial charge in [-0.15, -0.1) is 0 Å². The Balaban J connectivity index is 2.09. The van der Waals surface area contributed by atoms with Crippen LogP contribution in [0.1, 0.15) is 32.8 Å². The van der Waals surface area contributed by atoms with Gasteiger partial charge >= 0.3 is 0 Å². The van der Waals surface area contributed by atoms with Crippen LogP contribution in [0.25, 0.3) is 0 Å². The number of hydrogen-bond acceptors (Lipinski definition) is 3. The van der Waals surface area contributed by atoms with Gasteiger partial charge in [0.1, 0.15) is 0 Å². The fourth-order valence-corrected chi connectivity index (χ4v) is 3.36.